The lowest BCUT2D eigenvalue weighted by molar-refractivity contribution is -0.119. The van der Waals surface area contributed by atoms with Crippen LogP contribution >= 0.6 is 11.3 Å². The molecule has 0 atom stereocenters. The maximum atomic E-state index is 11.0. The summed E-state index contributed by atoms with van der Waals surface area (Å²) in [6, 6.07) is 11.3. The molecule has 1 aromatic carbocycles. The highest BCUT2D eigenvalue weighted by atomic mass is 32.1. The highest BCUT2D eigenvalue weighted by molar-refractivity contribution is 7.14. The highest BCUT2D eigenvalue weighted by Gasteiger charge is 2.10. The van der Waals surface area contributed by atoms with E-state index in [2.05, 4.69) is 20.6 Å². The van der Waals surface area contributed by atoms with Crippen LogP contribution in [0.2, 0.25) is 0 Å². The smallest absolute Gasteiger partial charge is 0.217 e. The number of carbonyl (C=O) groups is 1. The normalized spacial score (nSPS) is 11.4. The van der Waals surface area contributed by atoms with Crippen LogP contribution in [0, 0.1) is 0 Å². The summed E-state index contributed by atoms with van der Waals surface area (Å²) in [7, 11) is 1.63. The van der Waals surface area contributed by atoms with E-state index in [4.69, 9.17) is 19.6 Å². The summed E-state index contributed by atoms with van der Waals surface area (Å²) in [6.45, 7) is 3.14. The van der Waals surface area contributed by atoms with Crippen molar-refractivity contribution in [1.29, 1.82) is 0 Å². The number of thiazole rings is 1. The molecule has 3 aromatic rings. The Hall–Kier alpha value is -3.37. The van der Waals surface area contributed by atoms with Gasteiger partial charge >= 0.3 is 0 Å². The quantitative estimate of drug-likeness (QED) is 0.250. The van der Waals surface area contributed by atoms with Crippen LogP contribution in [0.4, 0.5) is 5.13 Å². The Morgan fingerprint density at radius 1 is 1.26 bits per heavy atom. The largest absolute Gasteiger partial charge is 0.491 e. The van der Waals surface area contributed by atoms with Gasteiger partial charge in [-0.05, 0) is 18.2 Å². The third kappa shape index (κ3) is 6.83. The lowest BCUT2D eigenvalue weighted by atomic mass is 10.2. The van der Waals surface area contributed by atoms with Gasteiger partial charge in [0.15, 0.2) is 16.9 Å². The van der Waals surface area contributed by atoms with E-state index in [1.54, 1.807) is 13.2 Å². The zero-order valence-corrected chi connectivity index (χ0v) is 18.2. The lowest BCUT2D eigenvalue weighted by Crippen LogP contribution is -2.22. The van der Waals surface area contributed by atoms with E-state index in [9.17, 15) is 4.79 Å². The second kappa shape index (κ2) is 11.1. The van der Waals surface area contributed by atoms with Crippen molar-refractivity contribution >= 4 is 28.3 Å². The topological polar surface area (TPSA) is 124 Å². The molecule has 1 amide bonds. The predicted molar refractivity (Wildman–Crippen MR) is 120 cm³/mol. The van der Waals surface area contributed by atoms with Gasteiger partial charge in [-0.25, -0.2) is 9.98 Å². The number of para-hydroxylation sites is 1. The number of rotatable bonds is 10. The third-order valence-electron chi connectivity index (χ3n) is 4.10. The van der Waals surface area contributed by atoms with Crippen LogP contribution in [0.15, 0.2) is 51.2 Å². The Bertz CT molecular complexity index is 1030. The number of hydrogen-bond acceptors (Lipinski definition) is 7. The van der Waals surface area contributed by atoms with Crippen LogP contribution in [0.1, 0.15) is 18.2 Å². The molecule has 0 radical (unpaired) electrons. The van der Waals surface area contributed by atoms with Gasteiger partial charge in [-0.15, -0.1) is 11.3 Å². The average Bonchev–Trinajstić information content (AvgIpc) is 3.41. The standard InChI is InChI=1S/C21H25N5O4S/c1-14(27)23-12-16-7-8-19(30-16)17-13-31-21(25-17)26-20(22)24-11-15-5-3-4-6-18(15)29-10-9-28-2/h3-8,13H,9-12H2,1-2H3,(H,23,27)(H3,22,24,25,26). The van der Waals surface area contributed by atoms with Crippen molar-refractivity contribution in [2.24, 2.45) is 10.7 Å². The first-order valence-electron chi connectivity index (χ1n) is 9.61. The van der Waals surface area contributed by atoms with Gasteiger partial charge in [0.05, 0.1) is 19.7 Å². The van der Waals surface area contributed by atoms with E-state index in [0.29, 0.717) is 48.6 Å². The molecule has 4 N–H and O–H groups in total. The third-order valence-corrected chi connectivity index (χ3v) is 4.86. The summed E-state index contributed by atoms with van der Waals surface area (Å²) < 4.78 is 16.4. The van der Waals surface area contributed by atoms with Crippen molar-refractivity contribution in [3.63, 3.8) is 0 Å². The van der Waals surface area contributed by atoms with E-state index in [-0.39, 0.29) is 11.9 Å². The van der Waals surface area contributed by atoms with Gasteiger partial charge in [0.2, 0.25) is 5.91 Å². The van der Waals surface area contributed by atoms with E-state index in [1.165, 1.54) is 18.3 Å². The summed E-state index contributed by atoms with van der Waals surface area (Å²) in [6.07, 6.45) is 0. The van der Waals surface area contributed by atoms with E-state index >= 15 is 0 Å². The fraction of sp³-hybridized carbons (Fsp3) is 0.286. The summed E-state index contributed by atoms with van der Waals surface area (Å²) in [5.41, 5.74) is 7.62. The number of nitrogens with one attached hydrogen (secondary N) is 2. The first-order chi connectivity index (χ1) is 15.0. The van der Waals surface area contributed by atoms with E-state index < -0.39 is 0 Å². The molecule has 31 heavy (non-hydrogen) atoms. The molecule has 0 aliphatic carbocycles. The molecular formula is C21H25N5O4S. The molecule has 0 saturated heterocycles. The summed E-state index contributed by atoms with van der Waals surface area (Å²) in [5, 5.41) is 8.14. The van der Waals surface area contributed by atoms with Crippen LogP contribution in [-0.4, -0.2) is 37.2 Å². The number of guanidine groups is 1. The number of aliphatic imine (C=N–C) groups is 1. The van der Waals surface area contributed by atoms with Crippen LogP contribution in [0.25, 0.3) is 11.5 Å². The molecule has 0 bridgehead atoms. The minimum absolute atomic E-state index is 0.114. The van der Waals surface area contributed by atoms with Crippen LogP contribution in [0.3, 0.4) is 0 Å². The van der Waals surface area contributed by atoms with E-state index in [0.717, 1.165) is 11.3 Å². The molecule has 2 aromatic heterocycles. The fourth-order valence-electron chi connectivity index (χ4n) is 2.60. The van der Waals surface area contributed by atoms with Gasteiger partial charge in [-0.2, -0.15) is 0 Å². The number of ether oxygens (including phenoxy) is 2. The maximum Gasteiger partial charge on any atom is 0.217 e. The summed E-state index contributed by atoms with van der Waals surface area (Å²) >= 11 is 1.39. The fourth-order valence-corrected chi connectivity index (χ4v) is 3.30. The predicted octanol–water partition coefficient (Wildman–Crippen LogP) is 2.99. The SMILES string of the molecule is COCCOc1ccccc1CN=C(N)Nc1nc(-c2ccc(CNC(C)=O)o2)cs1. The molecule has 0 saturated carbocycles. The Balaban J connectivity index is 1.58. The summed E-state index contributed by atoms with van der Waals surface area (Å²) in [5.74, 6) is 2.15. The Labute approximate surface area is 184 Å². The van der Waals surface area contributed by atoms with Crippen LogP contribution in [-0.2, 0) is 22.6 Å². The number of nitrogens with zero attached hydrogens (tertiary/aromatic N) is 2. The van der Waals surface area contributed by atoms with Crippen molar-refractivity contribution in [2.75, 3.05) is 25.6 Å². The first kappa shape index (κ1) is 22.3. The van der Waals surface area contributed by atoms with Crippen LogP contribution < -0.4 is 21.1 Å². The van der Waals surface area contributed by atoms with Gasteiger partial charge in [0.25, 0.3) is 0 Å². The minimum atomic E-state index is -0.114. The zero-order valence-electron chi connectivity index (χ0n) is 17.4. The number of nitrogens with two attached hydrogens (primary N) is 1. The van der Waals surface area contributed by atoms with Gasteiger partial charge in [-0.1, -0.05) is 18.2 Å². The number of benzene rings is 1. The van der Waals surface area contributed by atoms with Crippen molar-refractivity contribution in [3.05, 3.63) is 53.1 Å². The zero-order chi connectivity index (χ0) is 22.1. The molecule has 9 nitrogen and oxygen atoms in total. The Morgan fingerprint density at radius 3 is 2.90 bits per heavy atom. The molecule has 10 heteroatoms. The molecular weight excluding hydrogens is 418 g/mol. The monoisotopic (exact) mass is 443 g/mol. The molecule has 3 rings (SSSR count). The molecule has 0 unspecified atom stereocenters. The van der Waals surface area contributed by atoms with Gasteiger partial charge in [0.1, 0.15) is 23.8 Å². The minimum Gasteiger partial charge on any atom is -0.491 e. The van der Waals surface area contributed by atoms with Crippen molar-refractivity contribution in [1.82, 2.24) is 10.3 Å². The maximum absolute atomic E-state index is 11.0. The Kier molecular flexibility index (Phi) is 8.02. The molecule has 0 spiro atoms. The molecule has 0 aliphatic rings. The number of furan rings is 1. The number of carbonyl (C=O) groups excluding carboxylic acids is 1. The van der Waals surface area contributed by atoms with Gasteiger partial charge in [0, 0.05) is 25.0 Å². The number of anilines is 1. The lowest BCUT2D eigenvalue weighted by Gasteiger charge is -2.10. The second-order valence-electron chi connectivity index (χ2n) is 6.49. The molecule has 0 aliphatic heterocycles. The van der Waals surface area contributed by atoms with Crippen molar-refractivity contribution in [3.8, 4) is 17.2 Å². The van der Waals surface area contributed by atoms with Gasteiger partial charge < -0.3 is 30.3 Å². The summed E-state index contributed by atoms with van der Waals surface area (Å²) in [4.78, 5) is 19.9. The number of amides is 1. The average molecular weight is 444 g/mol. The molecule has 2 heterocycles. The van der Waals surface area contributed by atoms with Crippen LogP contribution in [0.5, 0.6) is 5.75 Å². The Morgan fingerprint density at radius 2 is 2.10 bits per heavy atom. The van der Waals surface area contributed by atoms with E-state index in [1.807, 2.05) is 35.7 Å². The number of aromatic nitrogens is 1. The number of hydrogen-bond donors (Lipinski definition) is 3. The second-order valence-corrected chi connectivity index (χ2v) is 7.35. The van der Waals surface area contributed by atoms with Gasteiger partial charge in [-0.3, -0.25) is 4.79 Å². The molecule has 0 fully saturated rings. The number of methoxy groups -OCH3 is 1. The van der Waals surface area contributed by atoms with Crippen molar-refractivity contribution < 1.29 is 18.7 Å². The highest BCUT2D eigenvalue weighted by Crippen LogP contribution is 2.26. The molecule has 164 valence electrons. The van der Waals surface area contributed by atoms with Crippen molar-refractivity contribution in [2.45, 2.75) is 20.0 Å². The first-order valence-corrected chi connectivity index (χ1v) is 10.5.